The van der Waals surface area contributed by atoms with Crippen molar-refractivity contribution in [3.63, 3.8) is 0 Å². The van der Waals surface area contributed by atoms with Gasteiger partial charge in [0, 0.05) is 0 Å². The van der Waals surface area contributed by atoms with Crippen molar-refractivity contribution < 1.29 is 0 Å². The van der Waals surface area contributed by atoms with Crippen LogP contribution in [0.4, 0.5) is 0 Å². The van der Waals surface area contributed by atoms with E-state index in [1.165, 1.54) is 30.7 Å². The fraction of sp³-hybridized carbons (Fsp3) is 0.846. The number of aromatic nitrogens is 3. The molecule has 1 aromatic heterocycles. The van der Waals surface area contributed by atoms with Crippen LogP contribution in [0.1, 0.15) is 49.9 Å². The van der Waals surface area contributed by atoms with Crippen molar-refractivity contribution in [2.45, 2.75) is 51.3 Å². The summed E-state index contributed by atoms with van der Waals surface area (Å²) in [4.78, 5) is 0. The normalized spacial score (nSPS) is 33.2. The van der Waals surface area contributed by atoms with E-state index in [1.807, 2.05) is 4.68 Å². The summed E-state index contributed by atoms with van der Waals surface area (Å²) in [5.41, 5.74) is 2.57. The molecule has 2 aliphatic carbocycles. The SMILES string of the molecule is CCC1C2CCc3nnn(C(C)S)c3CCC12. The number of hydrogen-bond donors (Lipinski definition) is 1. The van der Waals surface area contributed by atoms with E-state index in [0.29, 0.717) is 0 Å². The van der Waals surface area contributed by atoms with Crippen LogP contribution in [0.2, 0.25) is 0 Å². The second kappa shape index (κ2) is 4.30. The van der Waals surface area contributed by atoms with Crippen LogP contribution in [0.3, 0.4) is 0 Å². The first-order valence-electron chi connectivity index (χ1n) is 6.83. The molecule has 4 heteroatoms. The fourth-order valence-corrected chi connectivity index (χ4v) is 3.88. The Morgan fingerprint density at radius 3 is 2.71 bits per heavy atom. The van der Waals surface area contributed by atoms with Crippen LogP contribution in [0.25, 0.3) is 0 Å². The molecule has 0 amide bonds. The molecule has 0 saturated heterocycles. The van der Waals surface area contributed by atoms with Gasteiger partial charge < -0.3 is 0 Å². The zero-order chi connectivity index (χ0) is 12.0. The van der Waals surface area contributed by atoms with Crippen LogP contribution in [0, 0.1) is 17.8 Å². The minimum Gasteiger partial charge on any atom is -0.237 e. The Bertz CT molecular complexity index is 413. The first kappa shape index (κ1) is 11.6. The number of aryl methyl sites for hydroxylation is 1. The topological polar surface area (TPSA) is 30.7 Å². The number of fused-ring (bicyclic) bond motifs is 2. The van der Waals surface area contributed by atoms with Crippen LogP contribution in [-0.2, 0) is 12.8 Å². The maximum atomic E-state index is 4.48. The Kier molecular flexibility index (Phi) is 2.93. The van der Waals surface area contributed by atoms with Crippen LogP contribution < -0.4 is 0 Å². The van der Waals surface area contributed by atoms with E-state index in [4.69, 9.17) is 0 Å². The van der Waals surface area contributed by atoms with Gasteiger partial charge in [0.25, 0.3) is 0 Å². The first-order valence-corrected chi connectivity index (χ1v) is 7.35. The molecule has 1 aromatic rings. The van der Waals surface area contributed by atoms with Gasteiger partial charge in [0.05, 0.1) is 16.8 Å². The summed E-state index contributed by atoms with van der Waals surface area (Å²) in [6.45, 7) is 4.39. The summed E-state index contributed by atoms with van der Waals surface area (Å²) in [6, 6.07) is 0. The van der Waals surface area contributed by atoms with Crippen molar-refractivity contribution in [2.75, 3.05) is 0 Å². The standard InChI is InChI=1S/C13H21N3S/c1-3-9-10-4-6-12-13(7-5-11(9)10)16(8(2)17)15-14-12/h8-11,17H,3-7H2,1-2H3. The van der Waals surface area contributed by atoms with Crippen LogP contribution in [0.5, 0.6) is 0 Å². The number of thiol groups is 1. The van der Waals surface area contributed by atoms with Crippen LogP contribution in [-0.4, -0.2) is 15.0 Å². The number of nitrogens with zero attached hydrogens (tertiary/aromatic N) is 3. The van der Waals surface area contributed by atoms with Gasteiger partial charge in [0.2, 0.25) is 0 Å². The van der Waals surface area contributed by atoms with Gasteiger partial charge in [-0.05, 0) is 50.4 Å². The molecule has 3 rings (SSSR count). The summed E-state index contributed by atoms with van der Waals surface area (Å²) in [5.74, 6) is 2.95. The highest BCUT2D eigenvalue weighted by atomic mass is 32.1. The van der Waals surface area contributed by atoms with E-state index in [1.54, 1.807) is 0 Å². The van der Waals surface area contributed by atoms with Crippen molar-refractivity contribution in [3.05, 3.63) is 11.4 Å². The number of rotatable bonds is 2. The molecule has 4 unspecified atom stereocenters. The Hall–Kier alpha value is -0.510. The number of hydrogen-bond acceptors (Lipinski definition) is 3. The molecule has 1 heterocycles. The highest BCUT2D eigenvalue weighted by Crippen LogP contribution is 2.54. The molecule has 1 saturated carbocycles. The Labute approximate surface area is 108 Å². The molecule has 1 fully saturated rings. The average molecular weight is 251 g/mol. The molecule has 94 valence electrons. The van der Waals surface area contributed by atoms with E-state index in [0.717, 1.165) is 30.6 Å². The molecule has 0 spiro atoms. The van der Waals surface area contributed by atoms with Crippen molar-refractivity contribution >= 4 is 12.6 Å². The minimum atomic E-state index is 0.141. The lowest BCUT2D eigenvalue weighted by Gasteiger charge is -2.12. The first-order chi connectivity index (χ1) is 8.22. The van der Waals surface area contributed by atoms with Gasteiger partial charge in [-0.25, -0.2) is 4.68 Å². The zero-order valence-corrected chi connectivity index (χ0v) is 11.5. The van der Waals surface area contributed by atoms with Crippen LogP contribution in [0.15, 0.2) is 0 Å². The van der Waals surface area contributed by atoms with Crippen LogP contribution >= 0.6 is 12.6 Å². The average Bonchev–Trinajstić information content (AvgIpc) is 2.78. The molecule has 17 heavy (non-hydrogen) atoms. The monoisotopic (exact) mass is 251 g/mol. The van der Waals surface area contributed by atoms with Gasteiger partial charge in [-0.3, -0.25) is 0 Å². The summed E-state index contributed by atoms with van der Waals surface area (Å²) >= 11 is 4.48. The highest BCUT2D eigenvalue weighted by molar-refractivity contribution is 7.80. The van der Waals surface area contributed by atoms with Crippen molar-refractivity contribution in [2.24, 2.45) is 17.8 Å². The third-order valence-corrected chi connectivity index (χ3v) is 4.85. The third-order valence-electron chi connectivity index (χ3n) is 4.63. The van der Waals surface area contributed by atoms with Gasteiger partial charge in [-0.15, -0.1) is 5.10 Å². The van der Waals surface area contributed by atoms with E-state index in [9.17, 15) is 0 Å². The molecule has 0 aromatic carbocycles. The van der Waals surface area contributed by atoms with Gasteiger partial charge in [0.15, 0.2) is 0 Å². The minimum absolute atomic E-state index is 0.141. The summed E-state index contributed by atoms with van der Waals surface area (Å²) in [7, 11) is 0. The van der Waals surface area contributed by atoms with Gasteiger partial charge in [-0.2, -0.15) is 12.6 Å². The molecule has 0 radical (unpaired) electrons. The van der Waals surface area contributed by atoms with Gasteiger partial charge in [-0.1, -0.05) is 18.6 Å². The molecular formula is C13H21N3S. The largest absolute Gasteiger partial charge is 0.237 e. The lowest BCUT2D eigenvalue weighted by molar-refractivity contribution is 0.543. The quantitative estimate of drug-likeness (QED) is 0.819. The fourth-order valence-electron chi connectivity index (χ4n) is 3.69. The molecule has 0 aliphatic heterocycles. The van der Waals surface area contributed by atoms with Gasteiger partial charge >= 0.3 is 0 Å². The Balaban J connectivity index is 1.81. The van der Waals surface area contributed by atoms with E-state index in [-0.39, 0.29) is 5.37 Å². The Morgan fingerprint density at radius 2 is 2.06 bits per heavy atom. The molecule has 4 atom stereocenters. The lowest BCUT2D eigenvalue weighted by Crippen LogP contribution is -2.09. The zero-order valence-electron chi connectivity index (χ0n) is 10.6. The highest BCUT2D eigenvalue weighted by Gasteiger charge is 2.48. The maximum Gasteiger partial charge on any atom is 0.0935 e. The molecule has 3 nitrogen and oxygen atoms in total. The maximum absolute atomic E-state index is 4.48. The molecule has 2 aliphatic rings. The molecule has 0 N–H and O–H groups in total. The summed E-state index contributed by atoms with van der Waals surface area (Å²) < 4.78 is 2.00. The van der Waals surface area contributed by atoms with E-state index in [2.05, 4.69) is 36.8 Å². The predicted molar refractivity (Wildman–Crippen MR) is 71.1 cm³/mol. The Morgan fingerprint density at radius 1 is 1.35 bits per heavy atom. The lowest BCUT2D eigenvalue weighted by atomic mass is 10.0. The van der Waals surface area contributed by atoms with Crippen molar-refractivity contribution in [1.82, 2.24) is 15.0 Å². The summed E-state index contributed by atoms with van der Waals surface area (Å²) in [5, 5.41) is 8.74. The smallest absolute Gasteiger partial charge is 0.0935 e. The molecular weight excluding hydrogens is 230 g/mol. The van der Waals surface area contributed by atoms with Crippen molar-refractivity contribution in [1.29, 1.82) is 0 Å². The van der Waals surface area contributed by atoms with E-state index >= 15 is 0 Å². The predicted octanol–water partition coefficient (Wildman–Crippen LogP) is 2.88. The second-order valence-electron chi connectivity index (χ2n) is 5.54. The molecule has 0 bridgehead atoms. The second-order valence-corrected chi connectivity index (χ2v) is 6.28. The van der Waals surface area contributed by atoms with Gasteiger partial charge in [0.1, 0.15) is 0 Å². The third kappa shape index (κ3) is 1.90. The summed E-state index contributed by atoms with van der Waals surface area (Å²) in [6.07, 6.45) is 6.26. The van der Waals surface area contributed by atoms with Crippen molar-refractivity contribution in [3.8, 4) is 0 Å². The van der Waals surface area contributed by atoms with E-state index < -0.39 is 0 Å².